The van der Waals surface area contributed by atoms with Crippen LogP contribution in [0.4, 0.5) is 0 Å². The second kappa shape index (κ2) is 7.07. The molecule has 1 aliphatic heterocycles. The van der Waals surface area contributed by atoms with Gasteiger partial charge >= 0.3 is 0 Å². The average molecular weight is 329 g/mol. The van der Waals surface area contributed by atoms with Crippen molar-refractivity contribution in [1.82, 2.24) is 24.9 Å². The van der Waals surface area contributed by atoms with E-state index in [-0.39, 0.29) is 6.10 Å². The van der Waals surface area contributed by atoms with Crippen LogP contribution in [0, 0.1) is 5.92 Å². The first kappa shape index (κ1) is 15.8. The summed E-state index contributed by atoms with van der Waals surface area (Å²) in [6.07, 6.45) is 10.9. The predicted octanol–water partition coefficient (Wildman–Crippen LogP) is 2.17. The molecule has 6 nitrogen and oxygen atoms in total. The Morgan fingerprint density at radius 1 is 1.29 bits per heavy atom. The van der Waals surface area contributed by atoms with E-state index in [2.05, 4.69) is 39.4 Å². The van der Waals surface area contributed by atoms with Crippen LogP contribution < -0.4 is 5.32 Å². The summed E-state index contributed by atoms with van der Waals surface area (Å²) in [6.45, 7) is 5.86. The van der Waals surface area contributed by atoms with Gasteiger partial charge in [0.05, 0.1) is 11.9 Å². The maximum Gasteiger partial charge on any atom is 0.114 e. The summed E-state index contributed by atoms with van der Waals surface area (Å²) in [6, 6.07) is 2.50. The van der Waals surface area contributed by atoms with Gasteiger partial charge in [-0.05, 0) is 56.7 Å². The molecule has 1 aliphatic carbocycles. The summed E-state index contributed by atoms with van der Waals surface area (Å²) in [7, 11) is 0. The second-order valence-corrected chi connectivity index (χ2v) is 6.98. The van der Waals surface area contributed by atoms with Crippen molar-refractivity contribution in [2.75, 3.05) is 13.2 Å². The van der Waals surface area contributed by atoms with Crippen LogP contribution in [-0.4, -0.2) is 38.8 Å². The Kier molecular flexibility index (Phi) is 4.67. The molecule has 1 saturated heterocycles. The van der Waals surface area contributed by atoms with Crippen molar-refractivity contribution in [3.05, 3.63) is 35.9 Å². The molecule has 1 N–H and O–H groups in total. The molecule has 2 aromatic heterocycles. The van der Waals surface area contributed by atoms with Gasteiger partial charge in [0, 0.05) is 38.1 Å². The van der Waals surface area contributed by atoms with E-state index >= 15 is 0 Å². The Labute approximate surface area is 143 Å². The summed E-state index contributed by atoms with van der Waals surface area (Å²) in [5, 5.41) is 12.5. The predicted molar refractivity (Wildman–Crippen MR) is 91.7 cm³/mol. The normalized spacial score (nSPS) is 23.9. The molecule has 2 atom stereocenters. The van der Waals surface area contributed by atoms with Crippen molar-refractivity contribution < 1.29 is 4.74 Å². The summed E-state index contributed by atoms with van der Waals surface area (Å²) >= 11 is 0. The maximum atomic E-state index is 6.04. The highest BCUT2D eigenvalue weighted by molar-refractivity contribution is 5.11. The fourth-order valence-corrected chi connectivity index (χ4v) is 3.48. The zero-order chi connectivity index (χ0) is 16.4. The topological polar surface area (TPSA) is 56.9 Å². The molecule has 0 bridgehead atoms. The van der Waals surface area contributed by atoms with E-state index in [9.17, 15) is 0 Å². The van der Waals surface area contributed by atoms with Crippen molar-refractivity contribution in [2.45, 2.75) is 57.8 Å². The largest absolute Gasteiger partial charge is 0.370 e. The third-order valence-electron chi connectivity index (χ3n) is 5.09. The van der Waals surface area contributed by atoms with Gasteiger partial charge in [-0.2, -0.15) is 10.2 Å². The lowest BCUT2D eigenvalue weighted by Gasteiger charge is -2.21. The first-order valence-electron chi connectivity index (χ1n) is 9.21. The van der Waals surface area contributed by atoms with Crippen LogP contribution in [0.5, 0.6) is 0 Å². The third kappa shape index (κ3) is 3.54. The second-order valence-electron chi connectivity index (χ2n) is 6.98. The number of hydrogen-bond donors (Lipinski definition) is 1. The number of aryl methyl sites for hydroxylation is 1. The first-order chi connectivity index (χ1) is 11.8. The van der Waals surface area contributed by atoms with Gasteiger partial charge in [0.2, 0.25) is 0 Å². The van der Waals surface area contributed by atoms with Crippen LogP contribution in [0.15, 0.2) is 24.7 Å². The Bertz CT molecular complexity index is 660. The quantitative estimate of drug-likeness (QED) is 0.806. The molecule has 1 saturated carbocycles. The number of ether oxygens (including phenoxy) is 1. The molecule has 4 rings (SSSR count). The SMILES string of the molecule is CCn1cc(CCN[C@H]2CCO[C@@H]2c2ccnn2CC2CC2)cn1. The monoisotopic (exact) mass is 329 g/mol. The average Bonchev–Trinajstić information content (AvgIpc) is 2.99. The van der Waals surface area contributed by atoms with Gasteiger partial charge in [-0.25, -0.2) is 0 Å². The number of nitrogens with zero attached hydrogens (tertiary/aromatic N) is 4. The van der Waals surface area contributed by atoms with E-state index in [0.717, 1.165) is 45.0 Å². The summed E-state index contributed by atoms with van der Waals surface area (Å²) in [4.78, 5) is 0. The Morgan fingerprint density at radius 3 is 3.00 bits per heavy atom. The van der Waals surface area contributed by atoms with Gasteiger partial charge in [-0.1, -0.05) is 0 Å². The van der Waals surface area contributed by atoms with Crippen molar-refractivity contribution in [3.8, 4) is 0 Å². The zero-order valence-electron chi connectivity index (χ0n) is 14.4. The minimum absolute atomic E-state index is 0.129. The Balaban J connectivity index is 1.33. The summed E-state index contributed by atoms with van der Waals surface area (Å²) in [5.41, 5.74) is 2.52. The minimum atomic E-state index is 0.129. The fraction of sp³-hybridized carbons (Fsp3) is 0.667. The van der Waals surface area contributed by atoms with E-state index in [1.807, 2.05) is 17.1 Å². The van der Waals surface area contributed by atoms with E-state index in [0.29, 0.717) is 6.04 Å². The smallest absolute Gasteiger partial charge is 0.114 e. The molecule has 0 amide bonds. The highest BCUT2D eigenvalue weighted by atomic mass is 16.5. The van der Waals surface area contributed by atoms with Gasteiger partial charge in [-0.3, -0.25) is 9.36 Å². The lowest BCUT2D eigenvalue weighted by molar-refractivity contribution is 0.0910. The molecule has 0 spiro atoms. The third-order valence-corrected chi connectivity index (χ3v) is 5.09. The highest BCUT2D eigenvalue weighted by Crippen LogP contribution is 2.34. The van der Waals surface area contributed by atoms with Gasteiger partial charge in [-0.15, -0.1) is 0 Å². The van der Waals surface area contributed by atoms with Crippen molar-refractivity contribution in [1.29, 1.82) is 0 Å². The lowest BCUT2D eigenvalue weighted by atomic mass is 10.1. The van der Waals surface area contributed by atoms with E-state index in [1.165, 1.54) is 24.1 Å². The van der Waals surface area contributed by atoms with E-state index in [1.54, 1.807) is 0 Å². The van der Waals surface area contributed by atoms with Gasteiger partial charge in [0.1, 0.15) is 6.10 Å². The summed E-state index contributed by atoms with van der Waals surface area (Å²) < 4.78 is 10.2. The van der Waals surface area contributed by atoms with Crippen LogP contribution in [0.2, 0.25) is 0 Å². The van der Waals surface area contributed by atoms with Gasteiger partial charge in [0.15, 0.2) is 0 Å². The number of rotatable bonds is 8. The van der Waals surface area contributed by atoms with E-state index < -0.39 is 0 Å². The lowest BCUT2D eigenvalue weighted by Crippen LogP contribution is -2.34. The first-order valence-corrected chi connectivity index (χ1v) is 9.21. The fourth-order valence-electron chi connectivity index (χ4n) is 3.48. The van der Waals surface area contributed by atoms with E-state index in [4.69, 9.17) is 4.74 Å². The van der Waals surface area contributed by atoms with Crippen LogP contribution in [0.3, 0.4) is 0 Å². The molecule has 3 heterocycles. The van der Waals surface area contributed by atoms with Gasteiger partial charge in [0.25, 0.3) is 0 Å². The van der Waals surface area contributed by atoms with Crippen LogP contribution in [-0.2, 0) is 24.2 Å². The Morgan fingerprint density at radius 2 is 2.21 bits per heavy atom. The molecular formula is C18H27N5O. The number of hydrogen-bond acceptors (Lipinski definition) is 4. The van der Waals surface area contributed by atoms with Crippen molar-refractivity contribution >= 4 is 0 Å². The molecule has 2 aliphatic rings. The van der Waals surface area contributed by atoms with Crippen LogP contribution >= 0.6 is 0 Å². The molecule has 2 aromatic rings. The molecular weight excluding hydrogens is 302 g/mol. The molecule has 0 unspecified atom stereocenters. The minimum Gasteiger partial charge on any atom is -0.370 e. The highest BCUT2D eigenvalue weighted by Gasteiger charge is 2.33. The number of aromatic nitrogens is 4. The van der Waals surface area contributed by atoms with Crippen LogP contribution in [0.25, 0.3) is 0 Å². The van der Waals surface area contributed by atoms with Gasteiger partial charge < -0.3 is 10.1 Å². The number of nitrogens with one attached hydrogen (secondary N) is 1. The molecule has 0 aromatic carbocycles. The van der Waals surface area contributed by atoms with Crippen LogP contribution in [0.1, 0.15) is 43.5 Å². The van der Waals surface area contributed by atoms with Crippen molar-refractivity contribution in [2.24, 2.45) is 5.92 Å². The Hall–Kier alpha value is -1.66. The molecule has 130 valence electrons. The summed E-state index contributed by atoms with van der Waals surface area (Å²) in [5.74, 6) is 0.826. The molecule has 24 heavy (non-hydrogen) atoms. The molecule has 0 radical (unpaired) electrons. The van der Waals surface area contributed by atoms with Crippen molar-refractivity contribution in [3.63, 3.8) is 0 Å². The molecule has 2 fully saturated rings. The zero-order valence-corrected chi connectivity index (χ0v) is 14.4. The maximum absolute atomic E-state index is 6.04. The standard InChI is InChI=1S/C18H27N5O/c1-2-22-12-15(11-21-22)5-8-19-16-7-10-24-18(16)17-6-9-20-23(17)13-14-3-4-14/h6,9,11-12,14,16,18-19H,2-5,7-8,10,13H2,1H3/t16-,18-/m0/s1. The molecule has 6 heteroatoms.